The van der Waals surface area contributed by atoms with Crippen LogP contribution in [0.1, 0.15) is 10.4 Å². The average molecular weight is 322 g/mol. The van der Waals surface area contributed by atoms with Crippen LogP contribution in [0.2, 0.25) is 10.0 Å². The first kappa shape index (κ1) is 15.4. The Morgan fingerprint density at radius 3 is 2.57 bits per heavy atom. The van der Waals surface area contributed by atoms with Crippen molar-refractivity contribution >= 4 is 34.8 Å². The molecule has 108 valence electrons. The highest BCUT2D eigenvalue weighted by Crippen LogP contribution is 2.29. The smallest absolute Gasteiger partial charge is 0.255 e. The Labute approximate surface area is 133 Å². The minimum absolute atomic E-state index is 0.269. The lowest BCUT2D eigenvalue weighted by Crippen LogP contribution is -2.12. The molecule has 2 aromatic rings. The Balaban J connectivity index is 2.09. The summed E-state index contributed by atoms with van der Waals surface area (Å²) < 4.78 is 5.35. The van der Waals surface area contributed by atoms with Crippen molar-refractivity contribution in [2.45, 2.75) is 0 Å². The Hall–Kier alpha value is -1.97. The summed E-state index contributed by atoms with van der Waals surface area (Å²) in [5, 5.41) is 3.43. The first-order valence-corrected chi connectivity index (χ1v) is 6.96. The number of hydrogen-bond acceptors (Lipinski definition) is 2. The second-order valence-electron chi connectivity index (χ2n) is 4.18. The Kier molecular flexibility index (Phi) is 5.26. The fourth-order valence-electron chi connectivity index (χ4n) is 1.65. The molecule has 0 aliphatic rings. The molecular formula is C16H13Cl2NO2. The lowest BCUT2D eigenvalue weighted by atomic mass is 10.2. The number of anilines is 1. The third-order valence-electron chi connectivity index (χ3n) is 2.68. The van der Waals surface area contributed by atoms with Crippen LogP contribution in [-0.2, 0) is 0 Å². The highest BCUT2D eigenvalue weighted by molar-refractivity contribution is 6.44. The molecule has 0 atom stereocenters. The maximum atomic E-state index is 12.1. The van der Waals surface area contributed by atoms with Gasteiger partial charge in [0.15, 0.2) is 0 Å². The molecule has 0 spiro atoms. The molecule has 0 saturated carbocycles. The van der Waals surface area contributed by atoms with Crippen LogP contribution in [0.4, 0.5) is 5.69 Å². The predicted octanol–water partition coefficient (Wildman–Crippen LogP) is 4.81. The predicted molar refractivity (Wildman–Crippen MR) is 86.5 cm³/mol. The second kappa shape index (κ2) is 7.16. The molecule has 0 aliphatic carbocycles. The molecule has 0 saturated heterocycles. The molecule has 3 nitrogen and oxygen atoms in total. The Morgan fingerprint density at radius 2 is 1.90 bits per heavy atom. The zero-order chi connectivity index (χ0) is 15.2. The van der Waals surface area contributed by atoms with Crippen LogP contribution in [-0.4, -0.2) is 12.5 Å². The average Bonchev–Trinajstić information content (AvgIpc) is 2.50. The van der Waals surface area contributed by atoms with E-state index in [4.69, 9.17) is 27.9 Å². The van der Waals surface area contributed by atoms with Gasteiger partial charge in [-0.25, -0.2) is 0 Å². The van der Waals surface area contributed by atoms with E-state index in [0.717, 1.165) is 0 Å². The van der Waals surface area contributed by atoms with Gasteiger partial charge in [-0.3, -0.25) is 4.79 Å². The molecule has 0 bridgehead atoms. The zero-order valence-electron chi connectivity index (χ0n) is 11.1. The van der Waals surface area contributed by atoms with Crippen molar-refractivity contribution in [2.24, 2.45) is 0 Å². The van der Waals surface area contributed by atoms with Gasteiger partial charge in [-0.2, -0.15) is 0 Å². The molecule has 0 aliphatic heterocycles. The van der Waals surface area contributed by atoms with Gasteiger partial charge < -0.3 is 10.1 Å². The van der Waals surface area contributed by atoms with Gasteiger partial charge in [0.05, 0.1) is 15.7 Å². The number of carbonyl (C=O) groups excluding carboxylic acids is 1. The molecule has 0 fully saturated rings. The molecule has 0 unspecified atom stereocenters. The zero-order valence-corrected chi connectivity index (χ0v) is 12.6. The number of carbonyl (C=O) groups is 1. The third kappa shape index (κ3) is 4.00. The normalized spacial score (nSPS) is 10.0. The minimum Gasteiger partial charge on any atom is -0.490 e. The Morgan fingerprint density at radius 1 is 1.19 bits per heavy atom. The van der Waals surface area contributed by atoms with Gasteiger partial charge in [-0.1, -0.05) is 41.9 Å². The van der Waals surface area contributed by atoms with Gasteiger partial charge in [0.25, 0.3) is 5.91 Å². The largest absolute Gasteiger partial charge is 0.490 e. The summed E-state index contributed by atoms with van der Waals surface area (Å²) >= 11 is 11.9. The summed E-state index contributed by atoms with van der Waals surface area (Å²) in [6, 6.07) is 11.9. The first-order valence-electron chi connectivity index (χ1n) is 6.21. The lowest BCUT2D eigenvalue weighted by molar-refractivity contribution is 0.102. The molecule has 0 heterocycles. The van der Waals surface area contributed by atoms with E-state index < -0.39 is 0 Å². The van der Waals surface area contributed by atoms with Crippen molar-refractivity contribution < 1.29 is 9.53 Å². The first-order chi connectivity index (χ1) is 10.1. The molecular weight excluding hydrogens is 309 g/mol. The van der Waals surface area contributed by atoms with E-state index in [1.807, 2.05) is 0 Å². The van der Waals surface area contributed by atoms with Crippen LogP contribution in [0.3, 0.4) is 0 Å². The van der Waals surface area contributed by atoms with Crippen molar-refractivity contribution in [3.8, 4) is 5.75 Å². The number of halogens is 2. The highest BCUT2D eigenvalue weighted by atomic mass is 35.5. The number of rotatable bonds is 5. The molecule has 0 radical (unpaired) electrons. The minimum atomic E-state index is -0.269. The summed E-state index contributed by atoms with van der Waals surface area (Å²) in [7, 11) is 0. The molecule has 1 N–H and O–H groups in total. The summed E-state index contributed by atoms with van der Waals surface area (Å²) in [5.41, 5.74) is 0.971. The fourth-order valence-corrected chi connectivity index (χ4v) is 2.00. The van der Waals surface area contributed by atoms with Crippen LogP contribution in [0.15, 0.2) is 55.1 Å². The van der Waals surface area contributed by atoms with Gasteiger partial charge in [-0.05, 0) is 36.4 Å². The Bertz CT molecular complexity index is 654. The van der Waals surface area contributed by atoms with Gasteiger partial charge in [0.2, 0.25) is 0 Å². The monoisotopic (exact) mass is 321 g/mol. The van der Waals surface area contributed by atoms with E-state index in [-0.39, 0.29) is 5.91 Å². The van der Waals surface area contributed by atoms with Gasteiger partial charge >= 0.3 is 0 Å². The van der Waals surface area contributed by atoms with Crippen molar-refractivity contribution in [2.75, 3.05) is 11.9 Å². The quantitative estimate of drug-likeness (QED) is 0.802. The molecule has 0 aromatic heterocycles. The summed E-state index contributed by atoms with van der Waals surface area (Å²) in [6.45, 7) is 3.99. The van der Waals surface area contributed by atoms with Crippen LogP contribution in [0.5, 0.6) is 5.75 Å². The van der Waals surface area contributed by atoms with Crippen molar-refractivity contribution in [3.63, 3.8) is 0 Å². The molecule has 5 heteroatoms. The lowest BCUT2D eigenvalue weighted by Gasteiger charge is -2.09. The van der Waals surface area contributed by atoms with E-state index in [2.05, 4.69) is 11.9 Å². The van der Waals surface area contributed by atoms with E-state index >= 15 is 0 Å². The van der Waals surface area contributed by atoms with Crippen molar-refractivity contribution in [1.82, 2.24) is 0 Å². The standard InChI is InChI=1S/C16H13Cl2NO2/c1-2-10-21-12-8-6-11(7-9-12)16(20)19-14-5-3-4-13(17)15(14)18/h2-9H,1,10H2,(H,19,20). The SMILES string of the molecule is C=CCOc1ccc(C(=O)Nc2cccc(Cl)c2Cl)cc1. The number of hydrogen-bond donors (Lipinski definition) is 1. The number of ether oxygens (including phenoxy) is 1. The summed E-state index contributed by atoms with van der Waals surface area (Å²) in [5.74, 6) is 0.404. The van der Waals surface area contributed by atoms with Crippen molar-refractivity contribution in [3.05, 3.63) is 70.7 Å². The third-order valence-corrected chi connectivity index (χ3v) is 3.50. The maximum Gasteiger partial charge on any atom is 0.255 e. The maximum absolute atomic E-state index is 12.1. The molecule has 21 heavy (non-hydrogen) atoms. The topological polar surface area (TPSA) is 38.3 Å². The van der Waals surface area contributed by atoms with Crippen LogP contribution in [0, 0.1) is 0 Å². The van der Waals surface area contributed by atoms with Crippen LogP contribution in [0.25, 0.3) is 0 Å². The van der Waals surface area contributed by atoms with E-state index in [1.54, 1.807) is 48.5 Å². The van der Waals surface area contributed by atoms with Gasteiger partial charge in [0.1, 0.15) is 12.4 Å². The van der Waals surface area contributed by atoms with E-state index in [1.165, 1.54) is 0 Å². The van der Waals surface area contributed by atoms with Gasteiger partial charge in [0, 0.05) is 5.56 Å². The second-order valence-corrected chi connectivity index (χ2v) is 4.96. The number of amides is 1. The van der Waals surface area contributed by atoms with E-state index in [0.29, 0.717) is 33.7 Å². The van der Waals surface area contributed by atoms with Crippen LogP contribution < -0.4 is 10.1 Å². The van der Waals surface area contributed by atoms with Crippen LogP contribution >= 0.6 is 23.2 Å². The molecule has 1 amide bonds. The van der Waals surface area contributed by atoms with Gasteiger partial charge in [-0.15, -0.1) is 0 Å². The summed E-state index contributed by atoms with van der Waals surface area (Å²) in [6.07, 6.45) is 1.65. The highest BCUT2D eigenvalue weighted by Gasteiger charge is 2.10. The molecule has 2 rings (SSSR count). The van der Waals surface area contributed by atoms with E-state index in [9.17, 15) is 4.79 Å². The molecule has 2 aromatic carbocycles. The number of nitrogens with one attached hydrogen (secondary N) is 1. The fraction of sp³-hybridized carbons (Fsp3) is 0.0625. The number of benzene rings is 2. The summed E-state index contributed by atoms with van der Waals surface area (Å²) in [4.78, 5) is 12.1. The van der Waals surface area contributed by atoms with Crippen molar-refractivity contribution in [1.29, 1.82) is 0 Å².